The summed E-state index contributed by atoms with van der Waals surface area (Å²) in [6.45, 7) is 1.62. The Hall–Kier alpha value is -2.95. The predicted molar refractivity (Wildman–Crippen MR) is 136 cm³/mol. The van der Waals surface area contributed by atoms with E-state index in [1.54, 1.807) is 23.8 Å². The van der Waals surface area contributed by atoms with Crippen molar-refractivity contribution in [3.8, 4) is 0 Å². The lowest BCUT2D eigenvalue weighted by atomic mass is 9.86. The first-order valence-corrected chi connectivity index (χ1v) is 13.1. The van der Waals surface area contributed by atoms with Crippen LogP contribution >= 0.6 is 34.5 Å². The van der Waals surface area contributed by atoms with Gasteiger partial charge in [0.15, 0.2) is 5.82 Å². The van der Waals surface area contributed by atoms with Crippen LogP contribution in [0.4, 0.5) is 23.2 Å². The van der Waals surface area contributed by atoms with Crippen molar-refractivity contribution >= 4 is 57.8 Å². The number of rotatable bonds is 5. The molecular weight excluding hydrogens is 567 g/mol. The first kappa shape index (κ1) is 26.6. The molecule has 0 spiro atoms. The second kappa shape index (κ2) is 9.66. The molecule has 3 aromatic rings. The standard InChI is InChI=1S/C26H18Cl2F4N2O3S/c1-13-8-15(4-5-18(13)24(36)34(17-6-7-38-12-17)23(35)14-2-3-14)21-11-25(37-33-21,26(30,31)32)16-9-19(27)22(29)20(28)10-16/h4-10,12,14H,2-3,11H2,1H3. The second-order valence-corrected chi connectivity index (χ2v) is 10.7. The van der Waals surface area contributed by atoms with Crippen LogP contribution in [0.2, 0.25) is 10.0 Å². The molecule has 1 unspecified atom stereocenters. The van der Waals surface area contributed by atoms with Crippen LogP contribution in [0.25, 0.3) is 0 Å². The molecule has 1 aliphatic heterocycles. The fourth-order valence-electron chi connectivity index (χ4n) is 4.29. The highest BCUT2D eigenvalue weighted by molar-refractivity contribution is 7.08. The van der Waals surface area contributed by atoms with Crippen LogP contribution in [0, 0.1) is 18.7 Å². The Labute approximate surface area is 228 Å². The van der Waals surface area contributed by atoms with Crippen molar-refractivity contribution in [2.45, 2.75) is 38.0 Å². The Morgan fingerprint density at radius 2 is 1.82 bits per heavy atom. The summed E-state index contributed by atoms with van der Waals surface area (Å²) in [4.78, 5) is 32.5. The molecule has 1 fully saturated rings. The maximum absolute atomic E-state index is 14.3. The van der Waals surface area contributed by atoms with Crippen molar-refractivity contribution < 1.29 is 32.0 Å². The van der Waals surface area contributed by atoms with E-state index in [1.807, 2.05) is 0 Å². The van der Waals surface area contributed by atoms with Gasteiger partial charge in [0.25, 0.3) is 11.5 Å². The number of thiophene rings is 1. The molecule has 12 heteroatoms. The molecule has 1 saturated carbocycles. The Kier molecular flexibility index (Phi) is 6.77. The SMILES string of the molecule is Cc1cc(C2=NOC(c3cc(Cl)c(F)c(Cl)c3)(C(F)(F)F)C2)ccc1C(=O)N(C(=O)C1CC1)c1ccsc1. The molecule has 1 atom stereocenters. The van der Waals surface area contributed by atoms with Crippen LogP contribution < -0.4 is 4.90 Å². The lowest BCUT2D eigenvalue weighted by Gasteiger charge is -2.29. The zero-order chi connectivity index (χ0) is 27.4. The van der Waals surface area contributed by atoms with Gasteiger partial charge in [-0.05, 0) is 66.6 Å². The molecule has 1 aliphatic carbocycles. The lowest BCUT2D eigenvalue weighted by molar-refractivity contribution is -0.275. The Morgan fingerprint density at radius 1 is 1.13 bits per heavy atom. The van der Waals surface area contributed by atoms with Gasteiger partial charge in [-0.2, -0.15) is 24.5 Å². The van der Waals surface area contributed by atoms with Gasteiger partial charge in [-0.1, -0.05) is 34.4 Å². The molecule has 5 rings (SSSR count). The highest BCUT2D eigenvalue weighted by Crippen LogP contribution is 2.50. The monoisotopic (exact) mass is 584 g/mol. The van der Waals surface area contributed by atoms with Crippen LogP contribution in [0.3, 0.4) is 0 Å². The van der Waals surface area contributed by atoms with Gasteiger partial charge in [-0.25, -0.2) is 9.29 Å². The molecule has 0 bridgehead atoms. The zero-order valence-electron chi connectivity index (χ0n) is 19.6. The summed E-state index contributed by atoms with van der Waals surface area (Å²) in [5.41, 5.74) is -2.03. The second-order valence-electron chi connectivity index (χ2n) is 9.15. The minimum absolute atomic E-state index is 0.0373. The molecule has 1 aromatic heterocycles. The van der Waals surface area contributed by atoms with Gasteiger partial charge < -0.3 is 4.84 Å². The van der Waals surface area contributed by atoms with Crippen molar-refractivity contribution in [3.63, 3.8) is 0 Å². The molecule has 38 heavy (non-hydrogen) atoms. The third-order valence-corrected chi connectivity index (χ3v) is 7.76. The largest absolute Gasteiger partial charge is 0.435 e. The van der Waals surface area contributed by atoms with Gasteiger partial charge in [0.05, 0.1) is 21.4 Å². The van der Waals surface area contributed by atoms with Crippen LogP contribution in [0.1, 0.15) is 46.3 Å². The van der Waals surface area contributed by atoms with Gasteiger partial charge in [0.1, 0.15) is 0 Å². The van der Waals surface area contributed by atoms with Gasteiger partial charge in [-0.15, -0.1) is 0 Å². The van der Waals surface area contributed by atoms with Crippen molar-refractivity contribution in [2.75, 3.05) is 4.90 Å². The molecule has 5 nitrogen and oxygen atoms in total. The van der Waals surface area contributed by atoms with E-state index in [2.05, 4.69) is 5.16 Å². The van der Waals surface area contributed by atoms with Crippen LogP contribution in [-0.2, 0) is 15.2 Å². The van der Waals surface area contributed by atoms with Gasteiger partial charge in [-0.3, -0.25) is 9.59 Å². The molecule has 198 valence electrons. The summed E-state index contributed by atoms with van der Waals surface area (Å²) in [6.07, 6.45) is -4.24. The zero-order valence-corrected chi connectivity index (χ0v) is 21.9. The molecule has 2 amide bonds. The fraction of sp³-hybridized carbons (Fsp3) is 0.269. The minimum Gasteiger partial charge on any atom is -0.374 e. The molecule has 2 heterocycles. The number of alkyl halides is 3. The average molecular weight is 585 g/mol. The fourth-order valence-corrected chi connectivity index (χ4v) is 5.40. The first-order chi connectivity index (χ1) is 17.9. The van der Waals surface area contributed by atoms with E-state index in [0.29, 0.717) is 16.8 Å². The quantitative estimate of drug-likeness (QED) is 0.176. The number of aryl methyl sites for hydroxylation is 1. The maximum Gasteiger partial charge on any atom is 0.435 e. The van der Waals surface area contributed by atoms with E-state index in [1.165, 1.54) is 29.5 Å². The maximum atomic E-state index is 14.3. The Bertz CT molecular complexity index is 1450. The van der Waals surface area contributed by atoms with Crippen molar-refractivity contribution in [1.82, 2.24) is 0 Å². The van der Waals surface area contributed by atoms with E-state index >= 15 is 0 Å². The first-order valence-electron chi connectivity index (χ1n) is 11.4. The highest BCUT2D eigenvalue weighted by atomic mass is 35.5. The summed E-state index contributed by atoms with van der Waals surface area (Å²) in [5, 5.41) is 6.01. The van der Waals surface area contributed by atoms with Crippen molar-refractivity contribution in [3.05, 3.63) is 85.3 Å². The topological polar surface area (TPSA) is 59.0 Å². The number of amides is 2. The number of carbonyl (C=O) groups is 2. The number of nitrogens with zero attached hydrogens (tertiary/aromatic N) is 2. The van der Waals surface area contributed by atoms with Gasteiger partial charge in [0.2, 0.25) is 5.91 Å². The number of hydrogen-bond acceptors (Lipinski definition) is 5. The summed E-state index contributed by atoms with van der Waals surface area (Å²) in [6, 6.07) is 7.73. The van der Waals surface area contributed by atoms with Crippen LogP contribution in [0.15, 0.2) is 52.3 Å². The summed E-state index contributed by atoms with van der Waals surface area (Å²) in [7, 11) is 0. The molecule has 0 radical (unpaired) electrons. The van der Waals surface area contributed by atoms with E-state index in [0.717, 1.165) is 29.9 Å². The van der Waals surface area contributed by atoms with E-state index in [4.69, 9.17) is 28.0 Å². The number of hydrogen-bond donors (Lipinski definition) is 0. The normalized spacial score (nSPS) is 19.2. The van der Waals surface area contributed by atoms with Crippen LogP contribution in [-0.4, -0.2) is 23.7 Å². The summed E-state index contributed by atoms with van der Waals surface area (Å²) in [5.74, 6) is -2.04. The van der Waals surface area contributed by atoms with E-state index < -0.39 is 45.5 Å². The molecular formula is C26H18Cl2F4N2O3S. The minimum atomic E-state index is -4.95. The number of anilines is 1. The average Bonchev–Trinajstić information content (AvgIpc) is 3.37. The Morgan fingerprint density at radius 3 is 2.37 bits per heavy atom. The van der Waals surface area contributed by atoms with Crippen molar-refractivity contribution in [2.24, 2.45) is 11.1 Å². The number of carbonyl (C=O) groups excluding carboxylic acids is 2. The summed E-state index contributed by atoms with van der Waals surface area (Å²) >= 11 is 12.9. The predicted octanol–water partition coefficient (Wildman–Crippen LogP) is 7.67. The van der Waals surface area contributed by atoms with Gasteiger partial charge in [0, 0.05) is 28.8 Å². The number of benzene rings is 2. The summed E-state index contributed by atoms with van der Waals surface area (Å²) < 4.78 is 56.8. The third-order valence-electron chi connectivity index (χ3n) is 6.54. The molecule has 2 aromatic carbocycles. The number of imide groups is 1. The molecule has 2 aliphatic rings. The molecule has 0 N–H and O–H groups in total. The van der Waals surface area contributed by atoms with E-state index in [-0.39, 0.29) is 23.1 Å². The third kappa shape index (κ3) is 4.58. The lowest BCUT2D eigenvalue weighted by Crippen LogP contribution is -2.42. The van der Waals surface area contributed by atoms with E-state index in [9.17, 15) is 27.2 Å². The Balaban J connectivity index is 1.45. The number of halogens is 6. The van der Waals surface area contributed by atoms with Crippen LogP contribution in [0.5, 0.6) is 0 Å². The smallest absolute Gasteiger partial charge is 0.374 e. The van der Waals surface area contributed by atoms with Gasteiger partial charge >= 0.3 is 6.18 Å². The highest BCUT2D eigenvalue weighted by Gasteiger charge is 2.62. The number of oxime groups is 1. The van der Waals surface area contributed by atoms with Crippen molar-refractivity contribution in [1.29, 1.82) is 0 Å². The molecule has 0 saturated heterocycles.